The lowest BCUT2D eigenvalue weighted by atomic mass is 10.0. The highest BCUT2D eigenvalue weighted by atomic mass is 16.1. The summed E-state index contributed by atoms with van der Waals surface area (Å²) < 4.78 is 0. The van der Waals surface area contributed by atoms with Crippen LogP contribution in [0.15, 0.2) is 24.4 Å². The molecule has 3 N–H and O–H groups in total. The fourth-order valence-electron chi connectivity index (χ4n) is 2.53. The zero-order valence-electron chi connectivity index (χ0n) is 13.0. The molecule has 0 aromatic carbocycles. The molecule has 1 atom stereocenters. The van der Waals surface area contributed by atoms with Gasteiger partial charge in [-0.2, -0.15) is 0 Å². The number of hydrogen-bond acceptors (Lipinski definition) is 4. The molecule has 2 heterocycles. The first-order chi connectivity index (χ1) is 10.1. The number of rotatable bonds is 5. The van der Waals surface area contributed by atoms with Crippen molar-refractivity contribution < 1.29 is 4.79 Å². The largest absolute Gasteiger partial charge is 0.356 e. The lowest BCUT2D eigenvalue weighted by Crippen LogP contribution is -2.46. The molecule has 0 radical (unpaired) electrons. The van der Waals surface area contributed by atoms with E-state index in [4.69, 9.17) is 5.73 Å². The Kier molecular flexibility index (Phi) is 5.56. The number of hydrogen-bond donors (Lipinski definition) is 2. The van der Waals surface area contributed by atoms with Crippen LogP contribution in [0.4, 0.5) is 5.82 Å². The Morgan fingerprint density at radius 3 is 2.71 bits per heavy atom. The minimum atomic E-state index is -0.0568. The van der Waals surface area contributed by atoms with Gasteiger partial charge < -0.3 is 16.0 Å². The molecule has 116 valence electrons. The highest BCUT2D eigenvalue weighted by molar-refractivity contribution is 5.76. The Morgan fingerprint density at radius 2 is 2.14 bits per heavy atom. The Balaban J connectivity index is 1.75. The van der Waals surface area contributed by atoms with Crippen LogP contribution in [0.3, 0.4) is 0 Å². The van der Waals surface area contributed by atoms with Gasteiger partial charge in [-0.25, -0.2) is 4.98 Å². The van der Waals surface area contributed by atoms with Crippen LogP contribution >= 0.6 is 0 Å². The fraction of sp³-hybridized carbons (Fsp3) is 0.625. The second-order valence-electron chi connectivity index (χ2n) is 6.13. The minimum Gasteiger partial charge on any atom is -0.356 e. The van der Waals surface area contributed by atoms with Gasteiger partial charge in [0.25, 0.3) is 0 Å². The van der Waals surface area contributed by atoms with E-state index in [-0.39, 0.29) is 18.0 Å². The van der Waals surface area contributed by atoms with Crippen LogP contribution in [0.25, 0.3) is 0 Å². The van der Waals surface area contributed by atoms with Crippen LogP contribution in [0.2, 0.25) is 0 Å². The van der Waals surface area contributed by atoms with E-state index in [2.05, 4.69) is 15.2 Å². The average molecular weight is 290 g/mol. The van der Waals surface area contributed by atoms with Gasteiger partial charge in [0.2, 0.25) is 5.91 Å². The monoisotopic (exact) mass is 290 g/mol. The zero-order valence-corrected chi connectivity index (χ0v) is 13.0. The molecule has 21 heavy (non-hydrogen) atoms. The van der Waals surface area contributed by atoms with Crippen molar-refractivity contribution in [2.24, 2.45) is 11.7 Å². The molecular weight excluding hydrogens is 264 g/mol. The van der Waals surface area contributed by atoms with E-state index < -0.39 is 0 Å². The van der Waals surface area contributed by atoms with Crippen LogP contribution in [0, 0.1) is 5.92 Å². The van der Waals surface area contributed by atoms with Gasteiger partial charge in [-0.1, -0.05) is 19.9 Å². The van der Waals surface area contributed by atoms with E-state index in [1.165, 1.54) is 0 Å². The third kappa shape index (κ3) is 4.70. The smallest absolute Gasteiger partial charge is 0.221 e. The number of pyridine rings is 1. The van der Waals surface area contributed by atoms with Gasteiger partial charge in [0.1, 0.15) is 5.82 Å². The number of nitrogens with zero attached hydrogens (tertiary/aromatic N) is 2. The third-order valence-electron chi connectivity index (χ3n) is 4.11. The van der Waals surface area contributed by atoms with Crippen molar-refractivity contribution in [2.45, 2.75) is 45.2 Å². The quantitative estimate of drug-likeness (QED) is 0.863. The van der Waals surface area contributed by atoms with Crippen LogP contribution < -0.4 is 16.0 Å². The van der Waals surface area contributed by atoms with E-state index in [1.54, 1.807) is 0 Å². The maximum Gasteiger partial charge on any atom is 0.221 e. The zero-order chi connectivity index (χ0) is 15.2. The molecule has 1 fully saturated rings. The van der Waals surface area contributed by atoms with Crippen LogP contribution in [0.1, 0.15) is 33.1 Å². The standard InChI is InChI=1S/C16H26N4O/c1-12(2)14(17)11-16(21)19-13-6-9-20(10-7-13)15-5-3-4-8-18-15/h3-5,8,12-14H,6-7,9-11,17H2,1-2H3,(H,19,21). The number of amides is 1. The maximum atomic E-state index is 12.0. The molecule has 1 aliphatic rings. The average Bonchev–Trinajstić information content (AvgIpc) is 2.48. The molecule has 2 rings (SSSR count). The lowest BCUT2D eigenvalue weighted by molar-refractivity contribution is -0.122. The number of anilines is 1. The summed E-state index contributed by atoms with van der Waals surface area (Å²) in [5.41, 5.74) is 5.94. The van der Waals surface area contributed by atoms with Gasteiger partial charge >= 0.3 is 0 Å². The predicted octanol–water partition coefficient (Wildman–Crippen LogP) is 1.54. The summed E-state index contributed by atoms with van der Waals surface area (Å²) in [6, 6.07) is 6.16. The van der Waals surface area contributed by atoms with E-state index in [9.17, 15) is 4.79 Å². The van der Waals surface area contributed by atoms with Crippen LogP contribution in [-0.2, 0) is 4.79 Å². The summed E-state index contributed by atoms with van der Waals surface area (Å²) in [6.07, 6.45) is 4.15. The first kappa shape index (κ1) is 15.8. The predicted molar refractivity (Wildman–Crippen MR) is 85.0 cm³/mol. The molecule has 5 nitrogen and oxygen atoms in total. The van der Waals surface area contributed by atoms with Gasteiger partial charge in [-0.05, 0) is 30.9 Å². The van der Waals surface area contributed by atoms with E-state index in [0.29, 0.717) is 12.3 Å². The number of nitrogens with two attached hydrogens (primary N) is 1. The number of carbonyl (C=O) groups is 1. The summed E-state index contributed by atoms with van der Waals surface area (Å²) in [7, 11) is 0. The van der Waals surface area contributed by atoms with Crippen molar-refractivity contribution in [3.8, 4) is 0 Å². The number of nitrogens with one attached hydrogen (secondary N) is 1. The van der Waals surface area contributed by atoms with Crippen molar-refractivity contribution >= 4 is 11.7 Å². The lowest BCUT2D eigenvalue weighted by Gasteiger charge is -2.33. The van der Waals surface area contributed by atoms with Gasteiger partial charge in [0, 0.05) is 37.8 Å². The number of piperidine rings is 1. The third-order valence-corrected chi connectivity index (χ3v) is 4.11. The van der Waals surface area contributed by atoms with E-state index in [0.717, 1.165) is 31.7 Å². The summed E-state index contributed by atoms with van der Waals surface area (Å²) >= 11 is 0. The Hall–Kier alpha value is -1.62. The summed E-state index contributed by atoms with van der Waals surface area (Å²) in [6.45, 7) is 5.95. The molecule has 1 unspecified atom stereocenters. The van der Waals surface area contributed by atoms with E-state index >= 15 is 0 Å². The molecule has 1 aromatic rings. The second kappa shape index (κ2) is 7.41. The van der Waals surface area contributed by atoms with Crippen molar-refractivity contribution in [1.82, 2.24) is 10.3 Å². The number of aromatic nitrogens is 1. The van der Waals surface area contributed by atoms with Gasteiger partial charge in [-0.15, -0.1) is 0 Å². The molecule has 1 aliphatic heterocycles. The Bertz CT molecular complexity index is 441. The first-order valence-electron chi connectivity index (χ1n) is 7.77. The van der Waals surface area contributed by atoms with Crippen LogP contribution in [0.5, 0.6) is 0 Å². The molecule has 0 bridgehead atoms. The topological polar surface area (TPSA) is 71.2 Å². The van der Waals surface area contributed by atoms with Crippen LogP contribution in [-0.4, -0.2) is 36.1 Å². The molecule has 1 aromatic heterocycles. The van der Waals surface area contributed by atoms with Gasteiger partial charge in [0.05, 0.1) is 0 Å². The fourth-order valence-corrected chi connectivity index (χ4v) is 2.53. The first-order valence-corrected chi connectivity index (χ1v) is 7.77. The molecule has 0 spiro atoms. The van der Waals surface area contributed by atoms with E-state index in [1.807, 2.05) is 38.2 Å². The van der Waals surface area contributed by atoms with Gasteiger partial charge in [0.15, 0.2) is 0 Å². The minimum absolute atomic E-state index is 0.0568. The van der Waals surface area contributed by atoms with Crippen molar-refractivity contribution in [3.63, 3.8) is 0 Å². The summed E-state index contributed by atoms with van der Waals surface area (Å²) in [5, 5.41) is 3.11. The SMILES string of the molecule is CC(C)C(N)CC(=O)NC1CCN(c2ccccn2)CC1. The molecule has 0 aliphatic carbocycles. The summed E-state index contributed by atoms with van der Waals surface area (Å²) in [5.74, 6) is 1.43. The Morgan fingerprint density at radius 1 is 1.43 bits per heavy atom. The van der Waals surface area contributed by atoms with Crippen molar-refractivity contribution in [2.75, 3.05) is 18.0 Å². The maximum absolute atomic E-state index is 12.0. The molecule has 5 heteroatoms. The molecule has 1 saturated heterocycles. The molecular formula is C16H26N4O. The van der Waals surface area contributed by atoms with Gasteiger partial charge in [-0.3, -0.25) is 4.79 Å². The van der Waals surface area contributed by atoms with Crippen molar-refractivity contribution in [1.29, 1.82) is 0 Å². The Labute approximate surface area is 126 Å². The second-order valence-corrected chi connectivity index (χ2v) is 6.13. The molecule has 0 saturated carbocycles. The summed E-state index contributed by atoms with van der Waals surface area (Å²) in [4.78, 5) is 18.6. The molecule has 1 amide bonds. The normalized spacial score (nSPS) is 17.8. The highest BCUT2D eigenvalue weighted by Crippen LogP contribution is 2.17. The number of carbonyl (C=O) groups excluding carboxylic acids is 1. The highest BCUT2D eigenvalue weighted by Gasteiger charge is 2.22. The van der Waals surface area contributed by atoms with Crippen molar-refractivity contribution in [3.05, 3.63) is 24.4 Å².